The van der Waals surface area contributed by atoms with Crippen LogP contribution in [0.3, 0.4) is 0 Å². The first-order valence-electron chi connectivity index (χ1n) is 15.0. The van der Waals surface area contributed by atoms with Crippen LogP contribution in [0.25, 0.3) is 0 Å². The summed E-state index contributed by atoms with van der Waals surface area (Å²) in [6.45, 7) is 4.11. The van der Waals surface area contributed by atoms with E-state index in [1.54, 1.807) is 6.08 Å². The van der Waals surface area contributed by atoms with Gasteiger partial charge in [-0.05, 0) is 64.2 Å². The van der Waals surface area contributed by atoms with Gasteiger partial charge in [0.1, 0.15) is 0 Å². The number of rotatable bonds is 25. The van der Waals surface area contributed by atoms with Gasteiger partial charge in [0.2, 0.25) is 5.91 Å². The number of carbonyl (C=O) groups excluding carboxylic acids is 1. The Morgan fingerprint density at radius 1 is 0.676 bits per heavy atom. The lowest BCUT2D eigenvalue weighted by atomic mass is 10.1. The molecule has 0 heterocycles. The molecule has 0 bridgehead atoms. The molecule has 37 heavy (non-hydrogen) atoms. The summed E-state index contributed by atoms with van der Waals surface area (Å²) in [6.07, 6.45) is 38.6. The van der Waals surface area contributed by atoms with Crippen LogP contribution in [-0.4, -0.2) is 34.9 Å². The molecule has 4 heteroatoms. The van der Waals surface area contributed by atoms with E-state index >= 15 is 0 Å². The average Bonchev–Trinajstić information content (AvgIpc) is 2.90. The molecule has 0 radical (unpaired) electrons. The van der Waals surface area contributed by atoms with Gasteiger partial charge in [0, 0.05) is 6.42 Å². The fourth-order valence-electron chi connectivity index (χ4n) is 3.91. The molecule has 0 aromatic rings. The van der Waals surface area contributed by atoms with Crippen molar-refractivity contribution in [2.75, 3.05) is 6.61 Å². The molecule has 0 aromatic carbocycles. The smallest absolute Gasteiger partial charge is 0.220 e. The molecule has 4 nitrogen and oxygen atoms in total. The number of carbonyl (C=O) groups is 1. The lowest BCUT2D eigenvalue weighted by Gasteiger charge is -2.19. The second kappa shape index (κ2) is 28.7. The van der Waals surface area contributed by atoms with Crippen molar-refractivity contribution in [2.24, 2.45) is 0 Å². The molecule has 2 unspecified atom stereocenters. The van der Waals surface area contributed by atoms with Crippen molar-refractivity contribution in [1.29, 1.82) is 0 Å². The minimum absolute atomic E-state index is 0.109. The van der Waals surface area contributed by atoms with Gasteiger partial charge in [-0.25, -0.2) is 0 Å². The highest BCUT2D eigenvalue weighted by Crippen LogP contribution is 2.08. The molecule has 0 aliphatic heterocycles. The SMILES string of the molecule is CC/C=C\C/C=C\C/C=C\CCCCCC(=O)NC(CO)C(O)/C=C/CC/C=C/CCCCCCCC. The molecule has 0 saturated heterocycles. The Balaban J connectivity index is 3.84. The zero-order valence-corrected chi connectivity index (χ0v) is 24.0. The van der Waals surface area contributed by atoms with Crippen LogP contribution in [0.2, 0.25) is 0 Å². The molecule has 0 aliphatic carbocycles. The minimum Gasteiger partial charge on any atom is -0.394 e. The lowest BCUT2D eigenvalue weighted by molar-refractivity contribution is -0.123. The largest absolute Gasteiger partial charge is 0.394 e. The molecule has 0 spiro atoms. The predicted molar refractivity (Wildman–Crippen MR) is 161 cm³/mol. The van der Waals surface area contributed by atoms with Crippen LogP contribution in [0.5, 0.6) is 0 Å². The first-order chi connectivity index (χ1) is 18.2. The number of hydrogen-bond acceptors (Lipinski definition) is 3. The Labute approximate surface area is 228 Å². The second-order valence-corrected chi connectivity index (χ2v) is 9.77. The van der Waals surface area contributed by atoms with E-state index < -0.39 is 12.1 Å². The summed E-state index contributed by atoms with van der Waals surface area (Å²) in [4.78, 5) is 12.2. The molecular weight excluding hydrogens is 458 g/mol. The van der Waals surface area contributed by atoms with Crippen molar-refractivity contribution in [3.63, 3.8) is 0 Å². The monoisotopic (exact) mass is 515 g/mol. The Kier molecular flexibility index (Phi) is 27.2. The molecule has 0 fully saturated rings. The first-order valence-corrected chi connectivity index (χ1v) is 15.0. The molecule has 0 aromatic heterocycles. The van der Waals surface area contributed by atoms with Crippen molar-refractivity contribution in [3.8, 4) is 0 Å². The third-order valence-electron chi connectivity index (χ3n) is 6.23. The molecule has 2 atom stereocenters. The van der Waals surface area contributed by atoms with Crippen molar-refractivity contribution in [1.82, 2.24) is 5.32 Å². The molecule has 212 valence electrons. The maximum atomic E-state index is 12.2. The zero-order chi connectivity index (χ0) is 27.2. The Morgan fingerprint density at radius 2 is 1.22 bits per heavy atom. The van der Waals surface area contributed by atoms with E-state index in [0.29, 0.717) is 6.42 Å². The van der Waals surface area contributed by atoms with Crippen molar-refractivity contribution < 1.29 is 15.0 Å². The highest BCUT2D eigenvalue weighted by atomic mass is 16.3. The predicted octanol–water partition coefficient (Wildman–Crippen LogP) is 8.28. The topological polar surface area (TPSA) is 69.6 Å². The van der Waals surface area contributed by atoms with E-state index in [1.807, 2.05) is 6.08 Å². The van der Waals surface area contributed by atoms with Crippen LogP contribution in [-0.2, 0) is 4.79 Å². The summed E-state index contributed by atoms with van der Waals surface area (Å²) in [7, 11) is 0. The minimum atomic E-state index is -0.872. The number of nitrogens with one attached hydrogen (secondary N) is 1. The van der Waals surface area contributed by atoms with Crippen molar-refractivity contribution in [2.45, 2.75) is 135 Å². The summed E-state index contributed by atoms with van der Waals surface area (Å²) in [6, 6.07) is -0.652. The molecule has 0 aliphatic rings. The van der Waals surface area contributed by atoms with Gasteiger partial charge in [0.05, 0.1) is 18.8 Å². The van der Waals surface area contributed by atoms with E-state index in [2.05, 4.69) is 67.8 Å². The summed E-state index contributed by atoms with van der Waals surface area (Å²) in [5, 5.41) is 22.7. The Bertz CT molecular complexity index is 648. The summed E-state index contributed by atoms with van der Waals surface area (Å²) in [5.41, 5.74) is 0. The third-order valence-corrected chi connectivity index (χ3v) is 6.23. The maximum absolute atomic E-state index is 12.2. The molecule has 0 rings (SSSR count). The van der Waals surface area contributed by atoms with Gasteiger partial charge < -0.3 is 15.5 Å². The van der Waals surface area contributed by atoms with Crippen LogP contribution in [0.15, 0.2) is 60.8 Å². The molecule has 1 amide bonds. The number of hydrogen-bond donors (Lipinski definition) is 3. The summed E-state index contributed by atoms with van der Waals surface area (Å²) in [5.74, 6) is -0.109. The second-order valence-electron chi connectivity index (χ2n) is 9.77. The number of aliphatic hydroxyl groups is 2. The summed E-state index contributed by atoms with van der Waals surface area (Å²) >= 11 is 0. The quantitative estimate of drug-likeness (QED) is 0.0846. The van der Waals surface area contributed by atoms with Gasteiger partial charge >= 0.3 is 0 Å². The maximum Gasteiger partial charge on any atom is 0.220 e. The first kappa shape index (κ1) is 35.1. The third kappa shape index (κ3) is 25.5. The number of aliphatic hydroxyl groups excluding tert-OH is 2. The van der Waals surface area contributed by atoms with Crippen LogP contribution < -0.4 is 5.32 Å². The molecule has 0 saturated carbocycles. The summed E-state index contributed by atoms with van der Waals surface area (Å²) < 4.78 is 0. The number of allylic oxidation sites excluding steroid dienone is 9. The van der Waals surface area contributed by atoms with Crippen LogP contribution in [0.1, 0.15) is 123 Å². The van der Waals surface area contributed by atoms with Crippen LogP contribution in [0.4, 0.5) is 0 Å². The van der Waals surface area contributed by atoms with Gasteiger partial charge in [-0.1, -0.05) is 113 Å². The van der Waals surface area contributed by atoms with Gasteiger partial charge in [-0.3, -0.25) is 4.79 Å². The fraction of sp³-hybridized carbons (Fsp3) is 0.667. The van der Waals surface area contributed by atoms with Gasteiger partial charge in [-0.15, -0.1) is 0 Å². The van der Waals surface area contributed by atoms with Gasteiger partial charge in [-0.2, -0.15) is 0 Å². The standard InChI is InChI=1S/C33H57NO3/c1-3-5-7-9-11-13-15-17-19-21-23-25-27-29-33(37)34-31(30-35)32(36)28-26-24-22-20-18-16-14-12-10-8-6-4-2/h5,7,11,13,17-20,26,28,31-32,35-36H,3-4,6,8-10,12,14-16,21-25,27,29-30H2,1-2H3,(H,34,37)/b7-5-,13-11-,19-17-,20-18+,28-26+. The zero-order valence-electron chi connectivity index (χ0n) is 24.0. The average molecular weight is 516 g/mol. The van der Waals surface area contributed by atoms with Gasteiger partial charge in [0.15, 0.2) is 0 Å². The van der Waals surface area contributed by atoms with Crippen LogP contribution >= 0.6 is 0 Å². The van der Waals surface area contributed by atoms with E-state index in [-0.39, 0.29) is 12.5 Å². The number of unbranched alkanes of at least 4 members (excludes halogenated alkanes) is 10. The highest BCUT2D eigenvalue weighted by molar-refractivity contribution is 5.76. The van der Waals surface area contributed by atoms with Gasteiger partial charge in [0.25, 0.3) is 0 Å². The van der Waals surface area contributed by atoms with E-state index in [4.69, 9.17) is 0 Å². The molecular formula is C33H57NO3. The Hall–Kier alpha value is -1.91. The van der Waals surface area contributed by atoms with E-state index in [0.717, 1.165) is 64.2 Å². The highest BCUT2D eigenvalue weighted by Gasteiger charge is 2.17. The lowest BCUT2D eigenvalue weighted by Crippen LogP contribution is -2.45. The van der Waals surface area contributed by atoms with E-state index in [1.165, 1.54) is 38.5 Å². The van der Waals surface area contributed by atoms with Crippen molar-refractivity contribution in [3.05, 3.63) is 60.8 Å². The Morgan fingerprint density at radius 3 is 1.89 bits per heavy atom. The molecule has 3 N–H and O–H groups in total. The van der Waals surface area contributed by atoms with E-state index in [9.17, 15) is 15.0 Å². The van der Waals surface area contributed by atoms with Crippen LogP contribution in [0, 0.1) is 0 Å². The fourth-order valence-corrected chi connectivity index (χ4v) is 3.91. The normalized spacial score (nSPS) is 14.2. The van der Waals surface area contributed by atoms with Crippen molar-refractivity contribution >= 4 is 5.91 Å². The number of amides is 1.